The number of imidazole rings is 1. The lowest BCUT2D eigenvalue weighted by molar-refractivity contribution is 0.630. The Balaban J connectivity index is 1.98. The molecule has 4 aromatic carbocycles. The zero-order chi connectivity index (χ0) is 19.4. The van der Waals surface area contributed by atoms with Gasteiger partial charge in [0.15, 0.2) is 0 Å². The lowest BCUT2D eigenvalue weighted by Gasteiger charge is -2.07. The molecule has 1 N–H and O–H groups in total. The molecule has 0 unspecified atom stereocenters. The highest BCUT2D eigenvalue weighted by atomic mass is 79.9. The summed E-state index contributed by atoms with van der Waals surface area (Å²) >= 11 is 9.77. The molecule has 3 nitrogen and oxygen atoms in total. The fourth-order valence-corrected chi connectivity index (χ4v) is 4.18. The van der Waals surface area contributed by atoms with Gasteiger partial charge < -0.3 is 4.98 Å². The summed E-state index contributed by atoms with van der Waals surface area (Å²) in [6.45, 7) is 0. The number of hydrogen-bond donors (Lipinski definition) is 1. The SMILES string of the molecule is N#Cc1cccc(F)c1-c1nc2c3ccc(Br)cc3c3cc(Cl)ccc3c2[nH]1. The number of hydrogen-bond acceptors (Lipinski definition) is 2. The predicted molar refractivity (Wildman–Crippen MR) is 114 cm³/mol. The summed E-state index contributed by atoms with van der Waals surface area (Å²) in [6.07, 6.45) is 0. The van der Waals surface area contributed by atoms with Crippen molar-refractivity contribution in [3.63, 3.8) is 0 Å². The Hall–Kier alpha value is -2.94. The minimum absolute atomic E-state index is 0.175. The van der Waals surface area contributed by atoms with Crippen molar-refractivity contribution in [2.45, 2.75) is 0 Å². The third kappa shape index (κ3) is 2.50. The van der Waals surface area contributed by atoms with Crippen LogP contribution in [0.5, 0.6) is 0 Å². The molecule has 0 saturated carbocycles. The largest absolute Gasteiger partial charge is 0.337 e. The van der Waals surface area contributed by atoms with Crippen LogP contribution in [-0.2, 0) is 0 Å². The molecule has 6 heteroatoms. The highest BCUT2D eigenvalue weighted by Crippen LogP contribution is 2.38. The second kappa shape index (κ2) is 6.30. The standard InChI is InChI=1S/C22H10BrClFN3/c23-12-4-6-14-16(8-12)17-9-13(24)5-7-15(17)21-20(14)27-22(28-21)19-11(10-26)2-1-3-18(19)25/h1-9H,(H,27,28). The smallest absolute Gasteiger partial charge is 0.142 e. The van der Waals surface area contributed by atoms with E-state index in [0.717, 1.165) is 37.1 Å². The number of nitrogens with one attached hydrogen (secondary N) is 1. The highest BCUT2D eigenvalue weighted by Gasteiger charge is 2.18. The maximum atomic E-state index is 14.6. The Morgan fingerprint density at radius 2 is 1.79 bits per heavy atom. The summed E-state index contributed by atoms with van der Waals surface area (Å²) in [7, 11) is 0. The van der Waals surface area contributed by atoms with Crippen molar-refractivity contribution in [2.75, 3.05) is 0 Å². The molecule has 0 bridgehead atoms. The van der Waals surface area contributed by atoms with Crippen LogP contribution < -0.4 is 0 Å². The number of fused-ring (bicyclic) bond motifs is 6. The van der Waals surface area contributed by atoms with Crippen LogP contribution in [0.4, 0.5) is 4.39 Å². The monoisotopic (exact) mass is 449 g/mol. The van der Waals surface area contributed by atoms with Gasteiger partial charge >= 0.3 is 0 Å². The Kier molecular flexibility index (Phi) is 3.87. The van der Waals surface area contributed by atoms with E-state index in [1.54, 1.807) is 6.07 Å². The molecule has 0 atom stereocenters. The molecule has 0 amide bonds. The molecular weight excluding hydrogens is 441 g/mol. The van der Waals surface area contributed by atoms with E-state index in [-0.39, 0.29) is 11.1 Å². The molecule has 0 aliphatic heterocycles. The van der Waals surface area contributed by atoms with Crippen LogP contribution in [0.2, 0.25) is 5.02 Å². The summed E-state index contributed by atoms with van der Waals surface area (Å²) in [5.74, 6) is -0.158. The van der Waals surface area contributed by atoms with Crippen LogP contribution in [0.15, 0.2) is 59.1 Å². The molecule has 0 aliphatic rings. The number of nitriles is 1. The molecule has 1 aromatic heterocycles. The summed E-state index contributed by atoms with van der Waals surface area (Å²) in [4.78, 5) is 7.93. The zero-order valence-corrected chi connectivity index (χ0v) is 16.6. The highest BCUT2D eigenvalue weighted by molar-refractivity contribution is 9.10. The van der Waals surface area contributed by atoms with Gasteiger partial charge in [-0.25, -0.2) is 9.37 Å². The molecule has 0 spiro atoms. The van der Waals surface area contributed by atoms with Crippen molar-refractivity contribution < 1.29 is 4.39 Å². The fourth-order valence-electron chi connectivity index (χ4n) is 3.64. The lowest BCUT2D eigenvalue weighted by atomic mass is 10.00. The summed E-state index contributed by atoms with van der Waals surface area (Å²) in [5, 5.41) is 13.9. The van der Waals surface area contributed by atoms with Gasteiger partial charge in [-0.15, -0.1) is 0 Å². The van der Waals surface area contributed by atoms with Crippen molar-refractivity contribution in [3.05, 3.63) is 75.5 Å². The van der Waals surface area contributed by atoms with Crippen molar-refractivity contribution >= 4 is 60.1 Å². The minimum atomic E-state index is -0.488. The maximum Gasteiger partial charge on any atom is 0.142 e. The Morgan fingerprint density at radius 1 is 1.00 bits per heavy atom. The number of aromatic amines is 1. The van der Waals surface area contributed by atoms with E-state index < -0.39 is 5.82 Å². The summed E-state index contributed by atoms with van der Waals surface area (Å²) < 4.78 is 15.5. The molecule has 1 heterocycles. The Bertz CT molecular complexity index is 1390. The summed E-state index contributed by atoms with van der Waals surface area (Å²) in [6, 6.07) is 18.1. The zero-order valence-electron chi connectivity index (χ0n) is 14.2. The number of aromatic nitrogens is 2. The maximum absolute atomic E-state index is 14.6. The van der Waals surface area contributed by atoms with E-state index in [1.165, 1.54) is 12.1 Å². The van der Waals surface area contributed by atoms with Gasteiger partial charge in [0.05, 0.1) is 28.2 Å². The van der Waals surface area contributed by atoms with Gasteiger partial charge in [0.2, 0.25) is 0 Å². The van der Waals surface area contributed by atoms with Crippen LogP contribution in [0.3, 0.4) is 0 Å². The second-order valence-electron chi connectivity index (χ2n) is 6.46. The van der Waals surface area contributed by atoms with Gasteiger partial charge in [-0.3, -0.25) is 0 Å². The first-order valence-electron chi connectivity index (χ1n) is 8.46. The molecule has 0 aliphatic carbocycles. The van der Waals surface area contributed by atoms with Crippen LogP contribution in [0.25, 0.3) is 44.0 Å². The topological polar surface area (TPSA) is 52.5 Å². The number of nitrogens with zero attached hydrogens (tertiary/aromatic N) is 2. The number of H-pyrrole nitrogens is 1. The molecule has 0 saturated heterocycles. The van der Waals surface area contributed by atoms with E-state index in [1.807, 2.05) is 42.5 Å². The van der Waals surface area contributed by atoms with Crippen molar-refractivity contribution in [1.82, 2.24) is 9.97 Å². The van der Waals surface area contributed by atoms with Gasteiger partial charge in [-0.2, -0.15) is 5.26 Å². The first kappa shape index (κ1) is 17.2. The molecule has 134 valence electrons. The third-order valence-electron chi connectivity index (χ3n) is 4.85. The average Bonchev–Trinajstić information content (AvgIpc) is 3.12. The quantitative estimate of drug-likeness (QED) is 0.281. The molecule has 5 rings (SSSR count). The average molecular weight is 451 g/mol. The van der Waals surface area contributed by atoms with E-state index >= 15 is 0 Å². The Morgan fingerprint density at radius 3 is 2.61 bits per heavy atom. The van der Waals surface area contributed by atoms with Crippen molar-refractivity contribution in [2.24, 2.45) is 0 Å². The molecular formula is C22H10BrClFN3. The first-order chi connectivity index (χ1) is 13.6. The van der Waals surface area contributed by atoms with Gasteiger partial charge in [0.1, 0.15) is 11.6 Å². The number of benzene rings is 4. The lowest BCUT2D eigenvalue weighted by Crippen LogP contribution is -1.91. The molecule has 28 heavy (non-hydrogen) atoms. The fraction of sp³-hybridized carbons (Fsp3) is 0. The number of halogens is 3. The first-order valence-corrected chi connectivity index (χ1v) is 9.63. The van der Waals surface area contributed by atoms with Crippen molar-refractivity contribution in [3.8, 4) is 17.5 Å². The van der Waals surface area contributed by atoms with Crippen LogP contribution in [0, 0.1) is 17.1 Å². The van der Waals surface area contributed by atoms with Crippen LogP contribution >= 0.6 is 27.5 Å². The normalized spacial score (nSPS) is 11.4. The third-order valence-corrected chi connectivity index (χ3v) is 5.58. The molecule has 0 radical (unpaired) electrons. The van der Waals surface area contributed by atoms with Crippen LogP contribution in [0.1, 0.15) is 5.56 Å². The summed E-state index contributed by atoms with van der Waals surface area (Å²) in [5.41, 5.74) is 1.91. The second-order valence-corrected chi connectivity index (χ2v) is 7.82. The van der Waals surface area contributed by atoms with Crippen LogP contribution in [-0.4, -0.2) is 9.97 Å². The van der Waals surface area contributed by atoms with Gasteiger partial charge in [-0.1, -0.05) is 45.7 Å². The van der Waals surface area contributed by atoms with E-state index in [2.05, 4.69) is 25.9 Å². The van der Waals surface area contributed by atoms with Gasteiger partial charge in [0, 0.05) is 20.3 Å². The predicted octanol–water partition coefficient (Wildman–Crippen LogP) is 6.96. The van der Waals surface area contributed by atoms with Gasteiger partial charge in [0.25, 0.3) is 0 Å². The molecule has 5 aromatic rings. The van der Waals surface area contributed by atoms with Gasteiger partial charge in [-0.05, 0) is 47.2 Å². The molecule has 0 fully saturated rings. The van der Waals surface area contributed by atoms with E-state index in [9.17, 15) is 9.65 Å². The van der Waals surface area contributed by atoms with Crippen molar-refractivity contribution in [1.29, 1.82) is 5.26 Å². The minimum Gasteiger partial charge on any atom is -0.337 e. The van der Waals surface area contributed by atoms with E-state index in [4.69, 9.17) is 11.6 Å². The Labute approximate surface area is 172 Å². The number of rotatable bonds is 1. The van der Waals surface area contributed by atoms with E-state index in [0.29, 0.717) is 10.8 Å².